The van der Waals surface area contributed by atoms with Crippen LogP contribution in [0.5, 0.6) is 11.5 Å². The van der Waals surface area contributed by atoms with E-state index in [-0.39, 0.29) is 6.42 Å². The zero-order valence-electron chi connectivity index (χ0n) is 12.1. The Morgan fingerprint density at radius 2 is 1.50 bits per heavy atom. The van der Waals surface area contributed by atoms with Crippen molar-refractivity contribution in [2.75, 3.05) is 7.11 Å². The number of carboxylic acids is 1. The molecule has 2 rings (SSSR count). The lowest BCUT2D eigenvalue weighted by Gasteiger charge is -2.07. The normalized spacial score (nSPS) is 10.0. The van der Waals surface area contributed by atoms with Gasteiger partial charge in [0.15, 0.2) is 0 Å². The van der Waals surface area contributed by atoms with Gasteiger partial charge in [-0.1, -0.05) is 12.1 Å². The SMILES string of the molecule is COC(=O)c1ccc(Oc2ccc(CCC(=O)O)cc2)cc1. The van der Waals surface area contributed by atoms with Gasteiger partial charge < -0.3 is 14.6 Å². The predicted octanol–water partition coefficient (Wildman–Crippen LogP) is 3.28. The topological polar surface area (TPSA) is 72.8 Å². The Labute approximate surface area is 128 Å². The van der Waals surface area contributed by atoms with Crippen LogP contribution in [0.3, 0.4) is 0 Å². The maximum atomic E-state index is 11.3. The Balaban J connectivity index is 1.98. The molecule has 2 aromatic carbocycles. The van der Waals surface area contributed by atoms with Gasteiger partial charge in [0.25, 0.3) is 0 Å². The van der Waals surface area contributed by atoms with Gasteiger partial charge in [-0.15, -0.1) is 0 Å². The fraction of sp³-hybridized carbons (Fsp3) is 0.176. The number of hydrogen-bond donors (Lipinski definition) is 1. The molecule has 2 aromatic rings. The molecular formula is C17H16O5. The van der Waals surface area contributed by atoms with E-state index in [0.29, 0.717) is 23.5 Å². The molecule has 0 aromatic heterocycles. The first-order valence-corrected chi connectivity index (χ1v) is 6.75. The van der Waals surface area contributed by atoms with Crippen LogP contribution in [0.15, 0.2) is 48.5 Å². The Morgan fingerprint density at radius 1 is 0.955 bits per heavy atom. The molecule has 5 nitrogen and oxygen atoms in total. The zero-order valence-corrected chi connectivity index (χ0v) is 12.1. The molecule has 0 aliphatic carbocycles. The molecular weight excluding hydrogens is 284 g/mol. The van der Waals surface area contributed by atoms with Crippen molar-refractivity contribution in [2.45, 2.75) is 12.8 Å². The number of carboxylic acid groups (broad SMARTS) is 1. The van der Waals surface area contributed by atoms with Crippen molar-refractivity contribution in [3.63, 3.8) is 0 Å². The highest BCUT2D eigenvalue weighted by Gasteiger charge is 2.05. The minimum absolute atomic E-state index is 0.106. The number of benzene rings is 2. The Bertz CT molecular complexity index is 644. The Hall–Kier alpha value is -2.82. The van der Waals surface area contributed by atoms with Crippen LogP contribution >= 0.6 is 0 Å². The maximum absolute atomic E-state index is 11.3. The Morgan fingerprint density at radius 3 is 2.00 bits per heavy atom. The minimum Gasteiger partial charge on any atom is -0.481 e. The molecule has 0 saturated heterocycles. The number of aryl methyl sites for hydroxylation is 1. The van der Waals surface area contributed by atoms with E-state index in [1.165, 1.54) is 7.11 Å². The second-order valence-corrected chi connectivity index (χ2v) is 4.66. The number of rotatable bonds is 6. The standard InChI is InChI=1S/C17H16O5/c1-21-17(20)13-5-9-15(10-6-13)22-14-7-2-12(3-8-14)4-11-16(18)19/h2-3,5-10H,4,11H2,1H3,(H,18,19). The number of aliphatic carboxylic acids is 1. The average Bonchev–Trinajstić information content (AvgIpc) is 2.54. The maximum Gasteiger partial charge on any atom is 0.337 e. The second kappa shape index (κ2) is 7.26. The third kappa shape index (κ3) is 4.34. The van der Waals surface area contributed by atoms with Gasteiger partial charge >= 0.3 is 11.9 Å². The van der Waals surface area contributed by atoms with Gasteiger partial charge in [0.05, 0.1) is 12.7 Å². The summed E-state index contributed by atoms with van der Waals surface area (Å²) in [5.41, 5.74) is 1.40. The van der Waals surface area contributed by atoms with Crippen molar-refractivity contribution >= 4 is 11.9 Å². The highest BCUT2D eigenvalue weighted by molar-refractivity contribution is 5.89. The van der Waals surface area contributed by atoms with Crippen molar-refractivity contribution in [1.29, 1.82) is 0 Å². The number of esters is 1. The van der Waals surface area contributed by atoms with E-state index in [1.807, 2.05) is 12.1 Å². The van der Waals surface area contributed by atoms with Crippen LogP contribution in [-0.2, 0) is 16.0 Å². The summed E-state index contributed by atoms with van der Waals surface area (Å²) < 4.78 is 10.3. The lowest BCUT2D eigenvalue weighted by Crippen LogP contribution is -2.00. The van der Waals surface area contributed by atoms with Gasteiger partial charge in [-0.3, -0.25) is 4.79 Å². The average molecular weight is 300 g/mol. The fourth-order valence-electron chi connectivity index (χ4n) is 1.89. The second-order valence-electron chi connectivity index (χ2n) is 4.66. The third-order valence-corrected chi connectivity index (χ3v) is 3.06. The van der Waals surface area contributed by atoms with E-state index in [0.717, 1.165) is 5.56 Å². The lowest BCUT2D eigenvalue weighted by atomic mass is 10.1. The van der Waals surface area contributed by atoms with Crippen molar-refractivity contribution in [2.24, 2.45) is 0 Å². The smallest absolute Gasteiger partial charge is 0.337 e. The van der Waals surface area contributed by atoms with E-state index >= 15 is 0 Å². The molecule has 0 spiro atoms. The molecule has 0 aliphatic heterocycles. The largest absolute Gasteiger partial charge is 0.481 e. The molecule has 1 N–H and O–H groups in total. The van der Waals surface area contributed by atoms with E-state index < -0.39 is 11.9 Å². The summed E-state index contributed by atoms with van der Waals surface area (Å²) in [6, 6.07) is 13.9. The fourth-order valence-corrected chi connectivity index (χ4v) is 1.89. The molecule has 0 radical (unpaired) electrons. The van der Waals surface area contributed by atoms with Crippen LogP contribution in [0.1, 0.15) is 22.3 Å². The van der Waals surface area contributed by atoms with Crippen LogP contribution in [0.25, 0.3) is 0 Å². The molecule has 0 bridgehead atoms. The molecule has 5 heteroatoms. The molecule has 0 saturated carbocycles. The van der Waals surface area contributed by atoms with E-state index in [2.05, 4.69) is 4.74 Å². The van der Waals surface area contributed by atoms with Crippen LogP contribution in [0.2, 0.25) is 0 Å². The number of methoxy groups -OCH3 is 1. The molecule has 0 fully saturated rings. The molecule has 22 heavy (non-hydrogen) atoms. The molecule has 0 atom stereocenters. The highest BCUT2D eigenvalue weighted by Crippen LogP contribution is 2.22. The number of carbonyl (C=O) groups is 2. The number of carbonyl (C=O) groups excluding carboxylic acids is 1. The molecule has 0 unspecified atom stereocenters. The quantitative estimate of drug-likeness (QED) is 0.829. The summed E-state index contributed by atoms with van der Waals surface area (Å²) in [5.74, 6) is 0.0381. The number of ether oxygens (including phenoxy) is 2. The summed E-state index contributed by atoms with van der Waals surface area (Å²) in [7, 11) is 1.33. The van der Waals surface area contributed by atoms with Crippen molar-refractivity contribution in [1.82, 2.24) is 0 Å². The van der Waals surface area contributed by atoms with E-state index in [9.17, 15) is 9.59 Å². The number of hydrogen-bond acceptors (Lipinski definition) is 4. The first-order valence-electron chi connectivity index (χ1n) is 6.75. The summed E-state index contributed by atoms with van der Waals surface area (Å²) >= 11 is 0. The lowest BCUT2D eigenvalue weighted by molar-refractivity contribution is -0.136. The van der Waals surface area contributed by atoms with Crippen LogP contribution in [-0.4, -0.2) is 24.2 Å². The molecule has 0 amide bonds. The summed E-state index contributed by atoms with van der Waals surface area (Å²) in [4.78, 5) is 21.8. The molecule has 0 heterocycles. The first kappa shape index (κ1) is 15.6. The monoisotopic (exact) mass is 300 g/mol. The van der Waals surface area contributed by atoms with Crippen LogP contribution in [0.4, 0.5) is 0 Å². The predicted molar refractivity (Wildman–Crippen MR) is 80.3 cm³/mol. The van der Waals surface area contributed by atoms with Crippen molar-refractivity contribution in [3.05, 3.63) is 59.7 Å². The zero-order chi connectivity index (χ0) is 15.9. The van der Waals surface area contributed by atoms with Crippen LogP contribution < -0.4 is 4.74 Å². The summed E-state index contributed by atoms with van der Waals surface area (Å²) in [5, 5.41) is 8.65. The third-order valence-electron chi connectivity index (χ3n) is 3.06. The molecule has 0 aliphatic rings. The van der Waals surface area contributed by atoms with Crippen molar-refractivity contribution < 1.29 is 24.2 Å². The first-order chi connectivity index (χ1) is 10.6. The molecule has 114 valence electrons. The highest BCUT2D eigenvalue weighted by atomic mass is 16.5. The Kier molecular flexibility index (Phi) is 5.14. The van der Waals surface area contributed by atoms with Gasteiger partial charge in [-0.2, -0.15) is 0 Å². The van der Waals surface area contributed by atoms with Gasteiger partial charge in [-0.05, 0) is 48.4 Å². The summed E-state index contributed by atoms with van der Waals surface area (Å²) in [6.07, 6.45) is 0.596. The van der Waals surface area contributed by atoms with Crippen molar-refractivity contribution in [3.8, 4) is 11.5 Å². The van der Waals surface area contributed by atoms with Crippen LogP contribution in [0, 0.1) is 0 Å². The van der Waals surface area contributed by atoms with Gasteiger partial charge in [0.2, 0.25) is 0 Å². The van der Waals surface area contributed by atoms with Gasteiger partial charge in [-0.25, -0.2) is 4.79 Å². The van der Waals surface area contributed by atoms with Gasteiger partial charge in [0, 0.05) is 6.42 Å². The minimum atomic E-state index is -0.814. The van der Waals surface area contributed by atoms with E-state index in [1.54, 1.807) is 36.4 Å². The summed E-state index contributed by atoms with van der Waals surface area (Å²) in [6.45, 7) is 0. The van der Waals surface area contributed by atoms with E-state index in [4.69, 9.17) is 9.84 Å². The van der Waals surface area contributed by atoms with Gasteiger partial charge in [0.1, 0.15) is 11.5 Å².